The van der Waals surface area contributed by atoms with Gasteiger partial charge in [0, 0.05) is 37.0 Å². The van der Waals surface area contributed by atoms with Crippen LogP contribution in [0.3, 0.4) is 0 Å². The normalized spacial score (nSPS) is 18.5. The summed E-state index contributed by atoms with van der Waals surface area (Å²) < 4.78 is 30.4. The van der Waals surface area contributed by atoms with Gasteiger partial charge in [0.05, 0.1) is 10.6 Å². The zero-order valence-electron chi connectivity index (χ0n) is 21.5. The fourth-order valence-electron chi connectivity index (χ4n) is 4.75. The van der Waals surface area contributed by atoms with Crippen molar-refractivity contribution in [2.75, 3.05) is 19.6 Å². The first-order valence-electron chi connectivity index (χ1n) is 12.5. The molecule has 1 aliphatic heterocycles. The minimum Gasteiger partial charge on any atom is -0.348 e. The summed E-state index contributed by atoms with van der Waals surface area (Å²) >= 11 is 0. The van der Waals surface area contributed by atoms with E-state index in [4.69, 9.17) is 5.10 Å². The van der Waals surface area contributed by atoms with Crippen LogP contribution >= 0.6 is 0 Å². The third-order valence-corrected chi connectivity index (χ3v) is 8.24. The van der Waals surface area contributed by atoms with Crippen LogP contribution in [-0.4, -0.2) is 48.0 Å². The topological polar surface area (TPSA) is 108 Å². The quantitative estimate of drug-likeness (QED) is 0.264. The monoisotopic (exact) mass is 529 g/mol. The molecule has 4 rings (SSSR count). The van der Waals surface area contributed by atoms with Gasteiger partial charge in [-0.15, -0.1) is 6.58 Å². The van der Waals surface area contributed by atoms with E-state index in [1.165, 1.54) is 12.2 Å². The van der Waals surface area contributed by atoms with E-state index in [2.05, 4.69) is 25.7 Å². The SMILES string of the molecule is C=CCNC(=O)C(C#N)=Cc1cn(-c2ccccc2)nc1-c1cccc(S(=O)(=O)N2CC(C)CC(C)C2)c1. The Bertz CT molecular complexity index is 1490. The van der Waals surface area contributed by atoms with Crippen molar-refractivity contribution in [3.05, 3.63) is 84.6 Å². The second-order valence-corrected chi connectivity index (χ2v) is 11.6. The number of benzene rings is 2. The maximum Gasteiger partial charge on any atom is 0.262 e. The first-order chi connectivity index (χ1) is 18.2. The van der Waals surface area contributed by atoms with E-state index in [0.29, 0.717) is 29.9 Å². The lowest BCUT2D eigenvalue weighted by Gasteiger charge is -2.34. The fraction of sp³-hybridized carbons (Fsp3) is 0.276. The third-order valence-electron chi connectivity index (χ3n) is 6.42. The van der Waals surface area contributed by atoms with Crippen molar-refractivity contribution in [2.24, 2.45) is 11.8 Å². The Kier molecular flexibility index (Phi) is 8.25. The second-order valence-electron chi connectivity index (χ2n) is 9.68. The maximum absolute atomic E-state index is 13.6. The Morgan fingerprint density at radius 3 is 2.53 bits per heavy atom. The van der Waals surface area contributed by atoms with Crippen LogP contribution < -0.4 is 5.32 Å². The average Bonchev–Trinajstić information content (AvgIpc) is 3.34. The van der Waals surface area contributed by atoms with Crippen molar-refractivity contribution >= 4 is 22.0 Å². The fourth-order valence-corrected chi connectivity index (χ4v) is 6.48. The molecule has 2 atom stereocenters. The summed E-state index contributed by atoms with van der Waals surface area (Å²) in [4.78, 5) is 12.7. The molecule has 1 saturated heterocycles. The number of nitriles is 1. The van der Waals surface area contributed by atoms with Crippen LogP contribution in [0.2, 0.25) is 0 Å². The molecule has 1 aliphatic rings. The van der Waals surface area contributed by atoms with Crippen molar-refractivity contribution < 1.29 is 13.2 Å². The lowest BCUT2D eigenvalue weighted by molar-refractivity contribution is -0.116. The highest BCUT2D eigenvalue weighted by Crippen LogP contribution is 2.31. The Labute approximate surface area is 224 Å². The molecule has 0 bridgehead atoms. The highest BCUT2D eigenvalue weighted by atomic mass is 32.2. The Balaban J connectivity index is 1.80. The molecule has 0 spiro atoms. The van der Waals surface area contributed by atoms with Gasteiger partial charge in [-0.05, 0) is 48.6 Å². The summed E-state index contributed by atoms with van der Waals surface area (Å²) in [6.45, 7) is 8.91. The van der Waals surface area contributed by atoms with E-state index in [-0.39, 0.29) is 28.8 Å². The van der Waals surface area contributed by atoms with E-state index < -0.39 is 15.9 Å². The van der Waals surface area contributed by atoms with Crippen LogP contribution in [0.4, 0.5) is 0 Å². The summed E-state index contributed by atoms with van der Waals surface area (Å²) in [5.74, 6) is 0.0359. The molecule has 1 fully saturated rings. The molecule has 9 heteroatoms. The number of sulfonamides is 1. The maximum atomic E-state index is 13.6. The van der Waals surface area contributed by atoms with Gasteiger partial charge in [0.1, 0.15) is 17.3 Å². The van der Waals surface area contributed by atoms with Gasteiger partial charge >= 0.3 is 0 Å². The molecule has 8 nitrogen and oxygen atoms in total. The second kappa shape index (κ2) is 11.6. The molecule has 0 radical (unpaired) electrons. The molecule has 1 N–H and O–H groups in total. The lowest BCUT2D eigenvalue weighted by atomic mass is 9.94. The van der Waals surface area contributed by atoms with Gasteiger partial charge in [0.2, 0.25) is 10.0 Å². The first-order valence-corrected chi connectivity index (χ1v) is 13.9. The molecule has 0 aliphatic carbocycles. The molecule has 38 heavy (non-hydrogen) atoms. The highest BCUT2D eigenvalue weighted by molar-refractivity contribution is 7.89. The molecule has 0 saturated carbocycles. The molecular formula is C29H31N5O3S. The van der Waals surface area contributed by atoms with Crippen molar-refractivity contribution in [1.82, 2.24) is 19.4 Å². The van der Waals surface area contributed by atoms with Crippen molar-refractivity contribution in [1.29, 1.82) is 5.26 Å². The largest absolute Gasteiger partial charge is 0.348 e. The summed E-state index contributed by atoms with van der Waals surface area (Å²) in [6.07, 6.45) is 5.72. The molecule has 196 valence electrons. The van der Waals surface area contributed by atoms with E-state index >= 15 is 0 Å². The van der Waals surface area contributed by atoms with Gasteiger partial charge in [0.15, 0.2) is 0 Å². The van der Waals surface area contributed by atoms with Gasteiger partial charge in [-0.1, -0.05) is 50.3 Å². The predicted molar refractivity (Wildman–Crippen MR) is 148 cm³/mol. The van der Waals surface area contributed by atoms with Gasteiger partial charge in [-0.3, -0.25) is 4.79 Å². The van der Waals surface area contributed by atoms with Gasteiger partial charge in [-0.25, -0.2) is 13.1 Å². The number of hydrogen-bond acceptors (Lipinski definition) is 5. The van der Waals surface area contributed by atoms with Crippen molar-refractivity contribution in [2.45, 2.75) is 25.2 Å². The first kappa shape index (κ1) is 27.0. The Morgan fingerprint density at radius 2 is 1.87 bits per heavy atom. The number of piperidine rings is 1. The number of para-hydroxylation sites is 1. The minimum absolute atomic E-state index is 0.0965. The predicted octanol–water partition coefficient (Wildman–Crippen LogP) is 4.42. The molecule has 2 heterocycles. The van der Waals surface area contributed by atoms with Gasteiger partial charge < -0.3 is 5.32 Å². The average molecular weight is 530 g/mol. The number of nitrogens with one attached hydrogen (secondary N) is 1. The molecule has 1 amide bonds. The number of carbonyl (C=O) groups excluding carboxylic acids is 1. The number of hydrogen-bond donors (Lipinski definition) is 1. The van der Waals surface area contributed by atoms with Crippen LogP contribution in [0, 0.1) is 23.2 Å². The number of carbonyl (C=O) groups is 1. The summed E-state index contributed by atoms with van der Waals surface area (Å²) in [6, 6.07) is 18.0. The summed E-state index contributed by atoms with van der Waals surface area (Å²) in [5, 5.41) is 17.0. The minimum atomic E-state index is -3.71. The summed E-state index contributed by atoms with van der Waals surface area (Å²) in [5.41, 5.74) is 2.21. The van der Waals surface area contributed by atoms with Crippen LogP contribution in [0.1, 0.15) is 25.8 Å². The number of aromatic nitrogens is 2. The number of rotatable bonds is 8. The summed E-state index contributed by atoms with van der Waals surface area (Å²) in [7, 11) is -3.71. The Hall–Kier alpha value is -4.00. The Morgan fingerprint density at radius 1 is 1.16 bits per heavy atom. The zero-order chi connectivity index (χ0) is 27.3. The lowest BCUT2D eigenvalue weighted by Crippen LogP contribution is -2.42. The molecule has 2 unspecified atom stereocenters. The molecular weight excluding hydrogens is 498 g/mol. The van der Waals surface area contributed by atoms with Gasteiger partial charge in [-0.2, -0.15) is 14.7 Å². The number of nitrogens with zero attached hydrogens (tertiary/aromatic N) is 4. The zero-order valence-corrected chi connectivity index (χ0v) is 22.4. The van der Waals surface area contributed by atoms with E-state index in [1.54, 1.807) is 39.4 Å². The highest BCUT2D eigenvalue weighted by Gasteiger charge is 2.32. The molecule has 1 aromatic heterocycles. The number of amides is 1. The van der Waals surface area contributed by atoms with E-state index in [1.807, 2.05) is 36.4 Å². The van der Waals surface area contributed by atoms with E-state index in [9.17, 15) is 18.5 Å². The van der Waals surface area contributed by atoms with Crippen molar-refractivity contribution in [3.8, 4) is 23.0 Å². The molecule has 3 aromatic rings. The van der Waals surface area contributed by atoms with Crippen molar-refractivity contribution in [3.63, 3.8) is 0 Å². The smallest absolute Gasteiger partial charge is 0.262 e. The van der Waals surface area contributed by atoms with E-state index in [0.717, 1.165) is 12.1 Å². The standard InChI is InChI=1S/C29H31N5O3S/c1-4-13-31-29(35)24(17-30)15-25-20-34(26-10-6-5-7-11-26)32-28(25)23-9-8-12-27(16-23)38(36,37)33-18-21(2)14-22(3)19-33/h4-12,15-16,20-22H,1,13-14,18-19H2,2-3H3,(H,31,35). The van der Waals surface area contributed by atoms with Crippen LogP contribution in [-0.2, 0) is 14.8 Å². The van der Waals surface area contributed by atoms with Crippen LogP contribution in [0.25, 0.3) is 23.0 Å². The van der Waals surface area contributed by atoms with Gasteiger partial charge in [0.25, 0.3) is 5.91 Å². The van der Waals surface area contributed by atoms with Crippen LogP contribution in [0.15, 0.2) is 83.9 Å². The van der Waals surface area contributed by atoms with Crippen LogP contribution in [0.5, 0.6) is 0 Å². The third kappa shape index (κ3) is 5.93. The molecule has 2 aromatic carbocycles.